The number of rotatable bonds is 3. The molecular weight excluding hydrogens is 360 g/mol. The first-order chi connectivity index (χ1) is 11.5. The number of nitrogens with two attached hydrogens (primary N) is 1. The molecule has 2 amide bonds. The molecule has 1 saturated heterocycles. The number of hydrogen-bond acceptors (Lipinski definition) is 5. The van der Waals surface area contributed by atoms with E-state index in [0.717, 1.165) is 22.2 Å². The fourth-order valence-electron chi connectivity index (χ4n) is 3.10. The number of aromatic nitrogens is 1. The van der Waals surface area contributed by atoms with Crippen molar-refractivity contribution in [1.82, 2.24) is 15.2 Å². The Morgan fingerprint density at radius 2 is 2.16 bits per heavy atom. The second-order valence-electron chi connectivity index (χ2n) is 6.29. The van der Waals surface area contributed by atoms with E-state index >= 15 is 0 Å². The van der Waals surface area contributed by atoms with Crippen LogP contribution in [0.1, 0.15) is 25.3 Å². The molecular formula is C17H23ClN4O2S. The Kier molecular flexibility index (Phi) is 6.75. The molecule has 1 aromatic carbocycles. The van der Waals surface area contributed by atoms with Gasteiger partial charge < -0.3 is 16.0 Å². The van der Waals surface area contributed by atoms with Crippen LogP contribution in [-0.4, -0.2) is 40.8 Å². The summed E-state index contributed by atoms with van der Waals surface area (Å²) in [5.41, 5.74) is 9.84. The molecule has 2 atom stereocenters. The maximum Gasteiger partial charge on any atom is 0.225 e. The third-order valence-corrected chi connectivity index (χ3v) is 5.41. The van der Waals surface area contributed by atoms with E-state index in [4.69, 9.17) is 5.73 Å². The van der Waals surface area contributed by atoms with E-state index in [-0.39, 0.29) is 36.2 Å². The van der Waals surface area contributed by atoms with Crippen LogP contribution >= 0.6 is 23.7 Å². The van der Waals surface area contributed by atoms with Crippen molar-refractivity contribution in [1.29, 1.82) is 0 Å². The van der Waals surface area contributed by atoms with Gasteiger partial charge in [0.2, 0.25) is 11.8 Å². The molecule has 0 radical (unpaired) electrons. The van der Waals surface area contributed by atoms with E-state index in [1.54, 1.807) is 16.2 Å². The van der Waals surface area contributed by atoms with Crippen LogP contribution in [0.15, 0.2) is 23.7 Å². The van der Waals surface area contributed by atoms with E-state index in [0.29, 0.717) is 26.1 Å². The highest BCUT2D eigenvalue weighted by Crippen LogP contribution is 2.22. The Balaban J connectivity index is 0.00000225. The number of likely N-dealkylation sites (tertiary alicyclic amines) is 1. The molecule has 2 heterocycles. The van der Waals surface area contributed by atoms with Crippen molar-refractivity contribution in [3.05, 3.63) is 29.3 Å². The van der Waals surface area contributed by atoms with Crippen LogP contribution in [-0.2, 0) is 16.1 Å². The first-order valence-corrected chi connectivity index (χ1v) is 9.02. The molecule has 2 aromatic rings. The number of amides is 2. The van der Waals surface area contributed by atoms with Crippen molar-refractivity contribution in [2.75, 3.05) is 13.1 Å². The first kappa shape index (κ1) is 19.6. The number of halogens is 1. The molecule has 1 aliphatic rings. The van der Waals surface area contributed by atoms with Gasteiger partial charge in [-0.3, -0.25) is 9.59 Å². The Hall–Kier alpha value is -1.70. The third-order valence-electron chi connectivity index (χ3n) is 4.49. The fourth-order valence-corrected chi connectivity index (χ4v) is 3.91. The minimum atomic E-state index is -0.205. The number of nitrogens with one attached hydrogen (secondary N) is 1. The Bertz CT molecular complexity index is 751. The Morgan fingerprint density at radius 3 is 2.92 bits per heavy atom. The van der Waals surface area contributed by atoms with Gasteiger partial charge in [-0.1, -0.05) is 12.1 Å². The molecule has 0 aliphatic carbocycles. The zero-order valence-electron chi connectivity index (χ0n) is 14.1. The lowest BCUT2D eigenvalue weighted by Gasteiger charge is -2.23. The number of carbonyl (C=O) groups excluding carboxylic acids is 2. The summed E-state index contributed by atoms with van der Waals surface area (Å²) in [6.07, 6.45) is 1.47. The van der Waals surface area contributed by atoms with Gasteiger partial charge in [0, 0.05) is 32.6 Å². The van der Waals surface area contributed by atoms with Crippen LogP contribution in [0.3, 0.4) is 0 Å². The highest BCUT2D eigenvalue weighted by molar-refractivity contribution is 7.16. The lowest BCUT2D eigenvalue weighted by Crippen LogP contribution is -2.42. The summed E-state index contributed by atoms with van der Waals surface area (Å²) in [7, 11) is 0. The zero-order chi connectivity index (χ0) is 17.1. The molecule has 25 heavy (non-hydrogen) atoms. The summed E-state index contributed by atoms with van der Waals surface area (Å²) >= 11 is 1.58. The summed E-state index contributed by atoms with van der Waals surface area (Å²) < 4.78 is 1.10. The summed E-state index contributed by atoms with van der Waals surface area (Å²) in [5.74, 6) is -0.250. The molecule has 3 N–H and O–H groups in total. The molecule has 6 nitrogen and oxygen atoms in total. The standard InChI is InChI=1S/C17H22N4O2S.ClH/c1-11(22)21-8-13(5-6-14(18)9-21)17(23)19-7-12-3-2-4-15-16(12)24-10-20-15;/h2-4,10,13-14H,5-9,18H2,1H3,(H,19,23);1H/t13-,14+;/m1./s1. The number of fused-ring (bicyclic) bond motifs is 1. The predicted molar refractivity (Wildman–Crippen MR) is 102 cm³/mol. The molecule has 1 fully saturated rings. The monoisotopic (exact) mass is 382 g/mol. The van der Waals surface area contributed by atoms with Crippen molar-refractivity contribution < 1.29 is 9.59 Å². The van der Waals surface area contributed by atoms with Gasteiger partial charge in [-0.15, -0.1) is 23.7 Å². The molecule has 0 saturated carbocycles. The van der Waals surface area contributed by atoms with E-state index < -0.39 is 0 Å². The molecule has 1 aromatic heterocycles. The summed E-state index contributed by atoms with van der Waals surface area (Å²) in [4.78, 5) is 30.2. The van der Waals surface area contributed by atoms with Crippen LogP contribution in [0, 0.1) is 5.92 Å². The Labute approximate surface area is 157 Å². The molecule has 0 bridgehead atoms. The number of hydrogen-bond donors (Lipinski definition) is 2. The normalized spacial score (nSPS) is 20.6. The van der Waals surface area contributed by atoms with E-state index in [1.165, 1.54) is 6.92 Å². The smallest absolute Gasteiger partial charge is 0.225 e. The van der Waals surface area contributed by atoms with E-state index in [9.17, 15) is 9.59 Å². The van der Waals surface area contributed by atoms with Crippen molar-refractivity contribution in [2.24, 2.45) is 11.7 Å². The minimum Gasteiger partial charge on any atom is -0.352 e. The van der Waals surface area contributed by atoms with Crippen LogP contribution in [0.4, 0.5) is 0 Å². The van der Waals surface area contributed by atoms with Crippen molar-refractivity contribution in [3.63, 3.8) is 0 Å². The van der Waals surface area contributed by atoms with Crippen molar-refractivity contribution in [3.8, 4) is 0 Å². The number of thiazole rings is 1. The van der Waals surface area contributed by atoms with Gasteiger partial charge in [-0.25, -0.2) is 4.98 Å². The van der Waals surface area contributed by atoms with Crippen molar-refractivity contribution >= 4 is 45.8 Å². The number of benzene rings is 1. The second kappa shape index (κ2) is 8.60. The van der Waals surface area contributed by atoms with Crippen LogP contribution in [0.2, 0.25) is 0 Å². The highest BCUT2D eigenvalue weighted by Gasteiger charge is 2.28. The zero-order valence-corrected chi connectivity index (χ0v) is 15.7. The molecule has 136 valence electrons. The Morgan fingerprint density at radius 1 is 1.36 bits per heavy atom. The van der Waals surface area contributed by atoms with Gasteiger partial charge in [0.15, 0.2) is 0 Å². The second-order valence-corrected chi connectivity index (χ2v) is 7.15. The summed E-state index contributed by atoms with van der Waals surface area (Å²) in [5, 5.41) is 3.01. The third kappa shape index (κ3) is 4.68. The lowest BCUT2D eigenvalue weighted by molar-refractivity contribution is -0.131. The maximum absolute atomic E-state index is 12.6. The molecule has 8 heteroatoms. The van der Waals surface area contributed by atoms with Gasteiger partial charge in [-0.05, 0) is 24.5 Å². The van der Waals surface area contributed by atoms with Crippen molar-refractivity contribution in [2.45, 2.75) is 32.4 Å². The number of carbonyl (C=O) groups is 2. The summed E-state index contributed by atoms with van der Waals surface area (Å²) in [6.45, 7) is 2.97. The minimum absolute atomic E-state index is 0. The summed E-state index contributed by atoms with van der Waals surface area (Å²) in [6, 6.07) is 5.86. The average Bonchev–Trinajstić information content (AvgIpc) is 2.95. The van der Waals surface area contributed by atoms with E-state index in [1.807, 2.05) is 23.7 Å². The first-order valence-electron chi connectivity index (χ1n) is 8.14. The fraction of sp³-hybridized carbons (Fsp3) is 0.471. The molecule has 0 spiro atoms. The largest absolute Gasteiger partial charge is 0.352 e. The van der Waals surface area contributed by atoms with Gasteiger partial charge in [0.1, 0.15) is 0 Å². The predicted octanol–water partition coefficient (Wildman–Crippen LogP) is 1.92. The molecule has 3 rings (SSSR count). The lowest BCUT2D eigenvalue weighted by atomic mass is 10.0. The van der Waals surface area contributed by atoms with Crippen LogP contribution in [0.5, 0.6) is 0 Å². The highest BCUT2D eigenvalue weighted by atomic mass is 35.5. The average molecular weight is 383 g/mol. The van der Waals surface area contributed by atoms with Gasteiger partial charge in [0.05, 0.1) is 21.6 Å². The maximum atomic E-state index is 12.6. The van der Waals surface area contributed by atoms with Crippen LogP contribution < -0.4 is 11.1 Å². The molecule has 1 aliphatic heterocycles. The van der Waals surface area contributed by atoms with Gasteiger partial charge in [-0.2, -0.15) is 0 Å². The van der Waals surface area contributed by atoms with E-state index in [2.05, 4.69) is 10.3 Å². The van der Waals surface area contributed by atoms with Gasteiger partial charge in [0.25, 0.3) is 0 Å². The topological polar surface area (TPSA) is 88.3 Å². The molecule has 0 unspecified atom stereocenters. The van der Waals surface area contributed by atoms with Gasteiger partial charge >= 0.3 is 0 Å². The van der Waals surface area contributed by atoms with Crippen LogP contribution in [0.25, 0.3) is 10.2 Å². The number of nitrogens with zero attached hydrogens (tertiary/aromatic N) is 2. The quantitative estimate of drug-likeness (QED) is 0.848. The SMILES string of the molecule is CC(=O)N1C[C@@H](N)CC[C@@H](C(=O)NCc2cccc3ncsc23)C1.Cl.